The number of carbonyl (C=O) groups is 1. The molecular weight excluding hydrogens is 496 g/mol. The number of Topliss-reactive ketones (excluding diaryl/α,β-unsaturated/α-hetero) is 1. The highest BCUT2D eigenvalue weighted by molar-refractivity contribution is 6.05. The number of phenolic OH excluding ortho intramolecular Hbond substituents is 1. The van der Waals surface area contributed by atoms with Crippen molar-refractivity contribution in [2.24, 2.45) is 11.8 Å². The first kappa shape index (κ1) is 29.5. The van der Waals surface area contributed by atoms with Gasteiger partial charge in [-0.1, -0.05) is 65.3 Å². The predicted octanol–water partition coefficient (Wildman–Crippen LogP) is 9.22. The third-order valence-corrected chi connectivity index (χ3v) is 8.31. The number of fused-ring (bicyclic) bond motifs is 1. The van der Waals surface area contributed by atoms with Crippen molar-refractivity contribution in [3.63, 3.8) is 0 Å². The van der Waals surface area contributed by atoms with Crippen molar-refractivity contribution >= 4 is 11.9 Å². The van der Waals surface area contributed by atoms with E-state index in [9.17, 15) is 9.90 Å². The molecule has 2 aromatic rings. The van der Waals surface area contributed by atoms with Crippen LogP contribution in [0.15, 0.2) is 77.4 Å². The maximum atomic E-state index is 14.8. The Hall–Kier alpha value is -3.53. The van der Waals surface area contributed by atoms with E-state index in [1.165, 1.54) is 16.7 Å². The van der Waals surface area contributed by atoms with Crippen molar-refractivity contribution in [1.29, 1.82) is 0 Å². The minimum absolute atomic E-state index is 0.00621. The molecule has 0 aromatic heterocycles. The van der Waals surface area contributed by atoms with Gasteiger partial charge >= 0.3 is 0 Å². The van der Waals surface area contributed by atoms with Gasteiger partial charge in [0.15, 0.2) is 5.78 Å². The molecule has 2 aliphatic rings. The second-order valence-corrected chi connectivity index (χ2v) is 12.0. The molecule has 40 heavy (non-hydrogen) atoms. The zero-order valence-corrected chi connectivity index (χ0v) is 25.1. The van der Waals surface area contributed by atoms with Crippen molar-refractivity contribution in [3.05, 3.63) is 94.1 Å². The molecule has 0 bridgehead atoms. The van der Waals surface area contributed by atoms with Crippen LogP contribution in [0.3, 0.4) is 0 Å². The SMILES string of the molecule is COc1cc(O)c(C(=O)[C@@H]2[C@@H](c3ccccc3)CC=C(C)[C@@H]2CC=C(C)C)c2c1C=C[C@@](C)(CCC=C(C)C)O2. The molecule has 212 valence electrons. The van der Waals surface area contributed by atoms with Gasteiger partial charge in [0, 0.05) is 12.0 Å². The number of benzene rings is 2. The van der Waals surface area contributed by atoms with E-state index in [1.54, 1.807) is 13.2 Å². The second-order valence-electron chi connectivity index (χ2n) is 12.0. The van der Waals surface area contributed by atoms with Crippen LogP contribution < -0.4 is 9.47 Å². The monoisotopic (exact) mass is 540 g/mol. The molecule has 2 aromatic carbocycles. The third kappa shape index (κ3) is 6.27. The fourth-order valence-electron chi connectivity index (χ4n) is 6.06. The summed E-state index contributed by atoms with van der Waals surface area (Å²) in [4.78, 5) is 14.8. The number of rotatable bonds is 9. The molecule has 0 saturated carbocycles. The summed E-state index contributed by atoms with van der Waals surface area (Å²) in [6.07, 6.45) is 13.9. The molecule has 1 aliphatic carbocycles. The first-order valence-corrected chi connectivity index (χ1v) is 14.4. The summed E-state index contributed by atoms with van der Waals surface area (Å²) in [5.41, 5.74) is 5.19. The van der Waals surface area contributed by atoms with Gasteiger partial charge in [0.05, 0.1) is 12.7 Å². The van der Waals surface area contributed by atoms with Crippen molar-refractivity contribution in [2.45, 2.75) is 78.7 Å². The largest absolute Gasteiger partial charge is 0.507 e. The molecule has 4 atom stereocenters. The summed E-state index contributed by atoms with van der Waals surface area (Å²) >= 11 is 0. The summed E-state index contributed by atoms with van der Waals surface area (Å²) in [6, 6.07) is 11.9. The number of hydrogen-bond donors (Lipinski definition) is 1. The lowest BCUT2D eigenvalue weighted by Gasteiger charge is -2.38. The maximum Gasteiger partial charge on any atom is 0.174 e. The highest BCUT2D eigenvalue weighted by atomic mass is 16.5. The molecule has 0 unspecified atom stereocenters. The standard InChI is InChI=1S/C36H44O4/c1-23(2)12-11-20-36(6)21-19-29-31(39-7)22-30(37)33(35(29)40-36)34(38)32-27(17-15-24(3)4)25(5)16-18-28(32)26-13-9-8-10-14-26/h8-10,12-16,19,21-22,27-28,32,37H,11,17-18,20H2,1-7H3/t27-,28+,32-,36+/m0/s1. The number of hydrogen-bond acceptors (Lipinski definition) is 4. The van der Waals surface area contributed by atoms with Crippen LogP contribution in [0.2, 0.25) is 0 Å². The van der Waals surface area contributed by atoms with E-state index < -0.39 is 5.60 Å². The van der Waals surface area contributed by atoms with Crippen molar-refractivity contribution in [2.75, 3.05) is 7.11 Å². The van der Waals surface area contributed by atoms with Crippen LogP contribution in [0.25, 0.3) is 6.08 Å². The van der Waals surface area contributed by atoms with Gasteiger partial charge in [-0.25, -0.2) is 0 Å². The molecule has 1 N–H and O–H groups in total. The van der Waals surface area contributed by atoms with E-state index >= 15 is 0 Å². The average Bonchev–Trinajstić information content (AvgIpc) is 2.91. The van der Waals surface area contributed by atoms with Gasteiger partial charge in [0.2, 0.25) is 0 Å². The van der Waals surface area contributed by atoms with Crippen LogP contribution in [0.1, 0.15) is 94.6 Å². The first-order chi connectivity index (χ1) is 19.0. The molecular formula is C36H44O4. The zero-order chi connectivity index (χ0) is 29.0. The van der Waals surface area contributed by atoms with Gasteiger partial charge in [-0.05, 0) is 96.8 Å². The molecule has 4 rings (SSSR count). The van der Waals surface area contributed by atoms with E-state index in [1.807, 2.05) is 37.3 Å². The Morgan fingerprint density at radius 2 is 1.82 bits per heavy atom. The molecule has 1 heterocycles. The zero-order valence-electron chi connectivity index (χ0n) is 25.1. The summed E-state index contributed by atoms with van der Waals surface area (Å²) in [5.74, 6) is 0.401. The summed E-state index contributed by atoms with van der Waals surface area (Å²) in [7, 11) is 1.57. The lowest BCUT2D eigenvalue weighted by atomic mass is 9.65. The predicted molar refractivity (Wildman–Crippen MR) is 164 cm³/mol. The van der Waals surface area contributed by atoms with E-state index in [0.29, 0.717) is 17.1 Å². The van der Waals surface area contributed by atoms with Gasteiger partial charge < -0.3 is 14.6 Å². The number of methoxy groups -OCH3 is 1. The molecule has 4 nitrogen and oxygen atoms in total. The van der Waals surface area contributed by atoms with Crippen LogP contribution in [0, 0.1) is 11.8 Å². The van der Waals surface area contributed by atoms with Gasteiger partial charge in [-0.15, -0.1) is 0 Å². The summed E-state index contributed by atoms with van der Waals surface area (Å²) in [6.45, 7) is 12.5. The van der Waals surface area contributed by atoms with Gasteiger partial charge in [-0.3, -0.25) is 4.79 Å². The Morgan fingerprint density at radius 3 is 2.48 bits per heavy atom. The lowest BCUT2D eigenvalue weighted by Crippen LogP contribution is -2.36. The van der Waals surface area contributed by atoms with Gasteiger partial charge in [-0.2, -0.15) is 0 Å². The number of phenols is 1. The first-order valence-electron chi connectivity index (χ1n) is 14.4. The Labute approximate surface area is 240 Å². The normalized spacial score (nSPS) is 23.4. The summed E-state index contributed by atoms with van der Waals surface area (Å²) < 4.78 is 12.3. The number of aromatic hydroxyl groups is 1. The number of ketones is 1. The van der Waals surface area contributed by atoms with E-state index in [2.05, 4.69) is 65.0 Å². The van der Waals surface area contributed by atoms with Gasteiger partial charge in [0.25, 0.3) is 0 Å². The minimum atomic E-state index is -0.616. The van der Waals surface area contributed by atoms with Crippen LogP contribution >= 0.6 is 0 Å². The van der Waals surface area contributed by atoms with E-state index in [0.717, 1.165) is 31.2 Å². The maximum absolute atomic E-state index is 14.8. The number of allylic oxidation sites excluding steroid dienone is 6. The number of carbonyl (C=O) groups excluding carboxylic acids is 1. The molecule has 0 fully saturated rings. The van der Waals surface area contributed by atoms with Crippen LogP contribution in [0.4, 0.5) is 0 Å². The highest BCUT2D eigenvalue weighted by Crippen LogP contribution is 2.50. The van der Waals surface area contributed by atoms with Crippen LogP contribution in [-0.2, 0) is 0 Å². The van der Waals surface area contributed by atoms with Crippen LogP contribution in [0.5, 0.6) is 17.2 Å². The molecule has 1 aliphatic heterocycles. The fraction of sp³-hybridized carbons (Fsp3) is 0.417. The molecule has 0 spiro atoms. The van der Waals surface area contributed by atoms with Crippen LogP contribution in [-0.4, -0.2) is 23.6 Å². The lowest BCUT2D eigenvalue weighted by molar-refractivity contribution is 0.0826. The Balaban J connectivity index is 1.85. The molecule has 0 amide bonds. The highest BCUT2D eigenvalue weighted by Gasteiger charge is 2.43. The minimum Gasteiger partial charge on any atom is -0.507 e. The topological polar surface area (TPSA) is 55.8 Å². The van der Waals surface area contributed by atoms with Crippen molar-refractivity contribution in [3.8, 4) is 17.2 Å². The Kier molecular flexibility index (Phi) is 9.08. The Bertz CT molecular complexity index is 1350. The fourth-order valence-corrected chi connectivity index (χ4v) is 6.06. The third-order valence-electron chi connectivity index (χ3n) is 8.31. The quantitative estimate of drug-likeness (QED) is 0.254. The molecule has 4 heteroatoms. The van der Waals surface area contributed by atoms with E-state index in [-0.39, 0.29) is 34.8 Å². The number of ether oxygens (including phenoxy) is 2. The Morgan fingerprint density at radius 1 is 1.12 bits per heavy atom. The molecule has 0 saturated heterocycles. The smallest absolute Gasteiger partial charge is 0.174 e. The van der Waals surface area contributed by atoms with Crippen molar-refractivity contribution in [1.82, 2.24) is 0 Å². The second kappa shape index (κ2) is 12.3. The van der Waals surface area contributed by atoms with E-state index in [4.69, 9.17) is 9.47 Å². The molecule has 0 radical (unpaired) electrons. The average molecular weight is 541 g/mol. The van der Waals surface area contributed by atoms with Gasteiger partial charge in [0.1, 0.15) is 28.4 Å². The van der Waals surface area contributed by atoms with Crippen molar-refractivity contribution < 1.29 is 19.4 Å². The summed E-state index contributed by atoms with van der Waals surface area (Å²) in [5, 5.41) is 11.4.